The first-order chi connectivity index (χ1) is 12.1. The lowest BCUT2D eigenvalue weighted by Crippen LogP contribution is -2.15. The van der Waals surface area contributed by atoms with Crippen molar-refractivity contribution in [3.05, 3.63) is 36.7 Å². The molecule has 4 aromatic rings. The van der Waals surface area contributed by atoms with Crippen LogP contribution in [0.25, 0.3) is 33.1 Å². The topological polar surface area (TPSA) is 88.6 Å². The van der Waals surface area contributed by atoms with Crippen LogP contribution in [0.1, 0.15) is 6.42 Å². The number of benzene rings is 1. The summed E-state index contributed by atoms with van der Waals surface area (Å²) in [6.07, 6.45) is 4.91. The van der Waals surface area contributed by atoms with Crippen LogP contribution in [-0.2, 0) is 6.54 Å². The summed E-state index contributed by atoms with van der Waals surface area (Å²) in [6.45, 7) is 1.89. The number of pyridine rings is 1. The van der Waals surface area contributed by atoms with Crippen molar-refractivity contribution in [3.8, 4) is 11.3 Å². The molecule has 1 aromatic carbocycles. The van der Waals surface area contributed by atoms with E-state index in [1.807, 2.05) is 23.0 Å². The van der Waals surface area contributed by atoms with E-state index in [4.69, 9.17) is 5.73 Å². The van der Waals surface area contributed by atoms with Gasteiger partial charge in [-0.3, -0.25) is 9.78 Å². The first-order valence-corrected chi connectivity index (χ1v) is 8.33. The molecule has 4 rings (SSSR count). The summed E-state index contributed by atoms with van der Waals surface area (Å²) in [5.74, 6) is 0.466. The number of aromatic amines is 1. The highest BCUT2D eigenvalue weighted by atomic mass is 15.3. The van der Waals surface area contributed by atoms with Crippen LogP contribution < -0.4 is 5.73 Å². The number of hydrogen-bond acceptors (Lipinski definition) is 5. The molecule has 0 fully saturated rings. The Morgan fingerprint density at radius 3 is 2.84 bits per heavy atom. The van der Waals surface area contributed by atoms with E-state index in [-0.39, 0.29) is 0 Å². The summed E-state index contributed by atoms with van der Waals surface area (Å²) in [5, 5.41) is 13.8. The number of rotatable bonds is 5. The van der Waals surface area contributed by atoms with E-state index in [0.717, 1.165) is 52.6 Å². The van der Waals surface area contributed by atoms with Gasteiger partial charge >= 0.3 is 0 Å². The Labute approximate surface area is 145 Å². The molecule has 0 unspecified atom stereocenters. The van der Waals surface area contributed by atoms with Crippen molar-refractivity contribution in [1.29, 1.82) is 0 Å². The van der Waals surface area contributed by atoms with Gasteiger partial charge in [0.15, 0.2) is 5.82 Å². The quantitative estimate of drug-likeness (QED) is 0.585. The molecule has 7 heteroatoms. The number of nitrogens with two attached hydrogens (primary N) is 1. The fourth-order valence-electron chi connectivity index (χ4n) is 3.09. The van der Waals surface area contributed by atoms with E-state index in [1.54, 1.807) is 0 Å². The van der Waals surface area contributed by atoms with E-state index in [1.165, 1.54) is 0 Å². The number of nitrogens with one attached hydrogen (secondary N) is 1. The zero-order valence-corrected chi connectivity index (χ0v) is 14.4. The Hall–Kier alpha value is -2.93. The van der Waals surface area contributed by atoms with Crippen LogP contribution in [0.3, 0.4) is 0 Å². The van der Waals surface area contributed by atoms with Gasteiger partial charge in [-0.05, 0) is 39.2 Å². The second-order valence-electron chi connectivity index (χ2n) is 6.50. The maximum atomic E-state index is 6.16. The summed E-state index contributed by atoms with van der Waals surface area (Å²) in [5.41, 5.74) is 9.70. The molecular weight excluding hydrogens is 314 g/mol. The first-order valence-electron chi connectivity index (χ1n) is 8.33. The Morgan fingerprint density at radius 2 is 2.08 bits per heavy atom. The van der Waals surface area contributed by atoms with E-state index in [2.05, 4.69) is 57.6 Å². The number of anilines is 1. The maximum Gasteiger partial charge on any atom is 0.152 e. The fraction of sp³-hybridized carbons (Fsp3) is 0.278. The molecule has 0 amide bonds. The molecule has 7 nitrogen and oxygen atoms in total. The van der Waals surface area contributed by atoms with Crippen LogP contribution in [0.5, 0.6) is 0 Å². The molecule has 128 valence electrons. The van der Waals surface area contributed by atoms with Gasteiger partial charge < -0.3 is 10.6 Å². The monoisotopic (exact) mass is 335 g/mol. The first kappa shape index (κ1) is 15.6. The van der Waals surface area contributed by atoms with Gasteiger partial charge in [0.05, 0.1) is 11.2 Å². The molecule has 0 bridgehead atoms. The highest BCUT2D eigenvalue weighted by Crippen LogP contribution is 2.29. The molecule has 25 heavy (non-hydrogen) atoms. The van der Waals surface area contributed by atoms with Gasteiger partial charge in [0.25, 0.3) is 0 Å². The summed E-state index contributed by atoms with van der Waals surface area (Å²) in [7, 11) is 4.15. The molecule has 0 spiro atoms. The average Bonchev–Trinajstić information content (AvgIpc) is 3.24. The Kier molecular flexibility index (Phi) is 3.85. The van der Waals surface area contributed by atoms with Crippen LogP contribution in [0, 0.1) is 0 Å². The number of aryl methyl sites for hydroxylation is 1. The standard InChI is InChI=1S/C18H21N7/c1-24(2)8-3-9-25-11-14-13-5-4-12(15-6-7-20-22-15)10-16(13)21-18(19)17(14)23-25/h4-7,10-11H,3,8-9H2,1-2H3,(H2,19,21)(H,20,22). The minimum Gasteiger partial charge on any atom is -0.382 e. The predicted molar refractivity (Wildman–Crippen MR) is 100 cm³/mol. The predicted octanol–water partition coefficient (Wildman–Crippen LogP) is 2.51. The number of fused-ring (bicyclic) bond motifs is 3. The summed E-state index contributed by atoms with van der Waals surface area (Å²) < 4.78 is 1.97. The summed E-state index contributed by atoms with van der Waals surface area (Å²) in [6, 6.07) is 8.08. The smallest absolute Gasteiger partial charge is 0.152 e. The van der Waals surface area contributed by atoms with Gasteiger partial charge in [0.2, 0.25) is 0 Å². The molecule has 3 N–H and O–H groups in total. The summed E-state index contributed by atoms with van der Waals surface area (Å²) in [4.78, 5) is 6.72. The largest absolute Gasteiger partial charge is 0.382 e. The van der Waals surface area contributed by atoms with Crippen molar-refractivity contribution in [2.75, 3.05) is 26.4 Å². The highest BCUT2D eigenvalue weighted by molar-refractivity contribution is 6.08. The average molecular weight is 335 g/mol. The van der Waals surface area contributed by atoms with Crippen molar-refractivity contribution in [2.24, 2.45) is 0 Å². The lowest BCUT2D eigenvalue weighted by molar-refractivity contribution is 0.381. The van der Waals surface area contributed by atoms with E-state index < -0.39 is 0 Å². The van der Waals surface area contributed by atoms with Gasteiger partial charge in [-0.25, -0.2) is 4.98 Å². The van der Waals surface area contributed by atoms with Crippen LogP contribution in [0.15, 0.2) is 36.7 Å². The third kappa shape index (κ3) is 2.94. The van der Waals surface area contributed by atoms with Crippen molar-refractivity contribution in [1.82, 2.24) is 29.9 Å². The molecule has 0 saturated carbocycles. The number of H-pyrrole nitrogens is 1. The molecule has 0 radical (unpaired) electrons. The maximum absolute atomic E-state index is 6.16. The fourth-order valence-corrected chi connectivity index (χ4v) is 3.09. The van der Waals surface area contributed by atoms with Crippen LogP contribution >= 0.6 is 0 Å². The van der Waals surface area contributed by atoms with Crippen LogP contribution in [-0.4, -0.2) is 50.5 Å². The highest BCUT2D eigenvalue weighted by Gasteiger charge is 2.12. The van der Waals surface area contributed by atoms with Crippen molar-refractivity contribution in [3.63, 3.8) is 0 Å². The minimum atomic E-state index is 0.466. The Balaban J connectivity index is 1.76. The Bertz CT molecular complexity index is 1010. The third-order valence-electron chi connectivity index (χ3n) is 4.32. The molecule has 0 saturated heterocycles. The van der Waals surface area contributed by atoms with Gasteiger partial charge in [-0.2, -0.15) is 10.2 Å². The van der Waals surface area contributed by atoms with Crippen LogP contribution in [0.2, 0.25) is 0 Å². The SMILES string of the molecule is CN(C)CCCn1cc2c(n1)c(N)nc1cc(-c3cc[nH]n3)ccc12. The third-order valence-corrected chi connectivity index (χ3v) is 4.32. The molecule has 0 atom stereocenters. The zero-order chi connectivity index (χ0) is 17.4. The normalized spacial score (nSPS) is 11.8. The van der Waals surface area contributed by atoms with Crippen molar-refractivity contribution < 1.29 is 0 Å². The van der Waals surface area contributed by atoms with Gasteiger partial charge in [-0.15, -0.1) is 0 Å². The van der Waals surface area contributed by atoms with Gasteiger partial charge in [0.1, 0.15) is 5.52 Å². The number of nitrogens with zero attached hydrogens (tertiary/aromatic N) is 5. The second kappa shape index (κ2) is 6.18. The second-order valence-corrected chi connectivity index (χ2v) is 6.50. The molecule has 0 aliphatic heterocycles. The Morgan fingerprint density at radius 1 is 1.20 bits per heavy atom. The van der Waals surface area contributed by atoms with Crippen molar-refractivity contribution >= 4 is 27.6 Å². The van der Waals surface area contributed by atoms with Crippen LogP contribution in [0.4, 0.5) is 5.82 Å². The van der Waals surface area contributed by atoms with E-state index >= 15 is 0 Å². The number of aromatic nitrogens is 5. The van der Waals surface area contributed by atoms with Crippen molar-refractivity contribution in [2.45, 2.75) is 13.0 Å². The number of hydrogen-bond donors (Lipinski definition) is 2. The minimum absolute atomic E-state index is 0.466. The molecular formula is C18H21N7. The van der Waals surface area contributed by atoms with Gasteiger partial charge in [0, 0.05) is 35.3 Å². The lowest BCUT2D eigenvalue weighted by atomic mass is 10.1. The summed E-state index contributed by atoms with van der Waals surface area (Å²) >= 11 is 0. The molecule has 3 aromatic heterocycles. The molecule has 0 aliphatic rings. The van der Waals surface area contributed by atoms with E-state index in [9.17, 15) is 0 Å². The molecule has 0 aliphatic carbocycles. The molecule has 3 heterocycles. The lowest BCUT2D eigenvalue weighted by Gasteiger charge is -2.08. The number of nitrogen functional groups attached to an aromatic ring is 1. The van der Waals surface area contributed by atoms with E-state index in [0.29, 0.717) is 5.82 Å². The zero-order valence-electron chi connectivity index (χ0n) is 14.4. The van der Waals surface area contributed by atoms with Gasteiger partial charge in [-0.1, -0.05) is 12.1 Å².